The summed E-state index contributed by atoms with van der Waals surface area (Å²) in [7, 11) is 0. The van der Waals surface area contributed by atoms with E-state index in [1.165, 1.54) is 16.5 Å². The first-order valence-electron chi connectivity index (χ1n) is 6.81. The molecule has 0 saturated heterocycles. The number of hydrazine groups is 1. The van der Waals surface area contributed by atoms with Crippen LogP contribution in [0.5, 0.6) is 0 Å². The van der Waals surface area contributed by atoms with Crippen molar-refractivity contribution >= 4 is 23.4 Å². The van der Waals surface area contributed by atoms with Crippen LogP contribution in [0.15, 0.2) is 47.4 Å². The van der Waals surface area contributed by atoms with Crippen molar-refractivity contribution in [1.82, 2.24) is 5.43 Å². The summed E-state index contributed by atoms with van der Waals surface area (Å²) < 4.78 is 13.6. The average molecular weight is 323 g/mol. The highest BCUT2D eigenvalue weighted by Gasteiger charge is 2.30. The normalized spacial score (nSPS) is 18.5. The third-order valence-corrected chi connectivity index (χ3v) is 5.54. The summed E-state index contributed by atoms with van der Waals surface area (Å²) in [6, 6.07) is 13.3. The molecule has 2 nitrogen and oxygen atoms in total. The van der Waals surface area contributed by atoms with Gasteiger partial charge in [0.15, 0.2) is 0 Å². The molecule has 2 atom stereocenters. The number of halogens is 2. The second-order valence-electron chi connectivity index (χ2n) is 5.15. The monoisotopic (exact) mass is 322 g/mol. The Morgan fingerprint density at radius 1 is 1.29 bits per heavy atom. The minimum absolute atomic E-state index is 0.0282. The topological polar surface area (TPSA) is 38.0 Å². The molecule has 3 rings (SSSR count). The summed E-state index contributed by atoms with van der Waals surface area (Å²) in [6.07, 6.45) is 0.604. The molecule has 1 aliphatic heterocycles. The fourth-order valence-corrected chi connectivity index (χ4v) is 4.32. The van der Waals surface area contributed by atoms with E-state index in [4.69, 9.17) is 17.4 Å². The molecule has 2 aromatic rings. The molecular formula is C16H16ClFN2S. The number of rotatable bonds is 4. The number of nitrogens with two attached hydrogens (primary N) is 1. The van der Waals surface area contributed by atoms with E-state index >= 15 is 0 Å². The van der Waals surface area contributed by atoms with Crippen molar-refractivity contribution < 1.29 is 4.39 Å². The minimum atomic E-state index is -0.383. The van der Waals surface area contributed by atoms with Crippen LogP contribution in [0, 0.1) is 5.82 Å². The molecule has 5 heteroatoms. The maximum atomic E-state index is 13.6. The number of nitrogens with one attached hydrogen (secondary N) is 1. The lowest BCUT2D eigenvalue weighted by atomic mass is 9.89. The SMILES string of the molecule is NNC(Cc1cccc(F)c1Cl)C1CSc2ccccc21. The van der Waals surface area contributed by atoms with Gasteiger partial charge in [0.25, 0.3) is 0 Å². The van der Waals surface area contributed by atoms with Gasteiger partial charge in [-0.3, -0.25) is 11.3 Å². The first-order valence-corrected chi connectivity index (χ1v) is 8.18. The maximum Gasteiger partial charge on any atom is 0.142 e. The summed E-state index contributed by atoms with van der Waals surface area (Å²) in [5.74, 6) is 6.64. The van der Waals surface area contributed by atoms with Crippen molar-refractivity contribution in [3.63, 3.8) is 0 Å². The molecule has 2 aromatic carbocycles. The van der Waals surface area contributed by atoms with Gasteiger partial charge < -0.3 is 0 Å². The zero-order valence-electron chi connectivity index (χ0n) is 11.4. The quantitative estimate of drug-likeness (QED) is 0.665. The van der Waals surface area contributed by atoms with Gasteiger partial charge in [0.2, 0.25) is 0 Å². The van der Waals surface area contributed by atoms with E-state index in [-0.39, 0.29) is 16.9 Å². The van der Waals surface area contributed by atoms with Gasteiger partial charge in [-0.1, -0.05) is 41.9 Å². The highest BCUT2D eigenvalue weighted by Crippen LogP contribution is 2.41. The summed E-state index contributed by atoms with van der Waals surface area (Å²) in [4.78, 5) is 1.30. The molecular weight excluding hydrogens is 307 g/mol. The molecule has 0 spiro atoms. The van der Waals surface area contributed by atoms with Crippen molar-refractivity contribution in [2.45, 2.75) is 23.3 Å². The molecule has 1 aliphatic rings. The Morgan fingerprint density at radius 3 is 2.90 bits per heavy atom. The highest BCUT2D eigenvalue weighted by molar-refractivity contribution is 7.99. The largest absolute Gasteiger partial charge is 0.271 e. The number of hydrogen-bond donors (Lipinski definition) is 2. The van der Waals surface area contributed by atoms with Gasteiger partial charge in [0, 0.05) is 22.6 Å². The molecule has 0 aliphatic carbocycles. The Balaban J connectivity index is 1.85. The minimum Gasteiger partial charge on any atom is -0.271 e. The van der Waals surface area contributed by atoms with Crippen molar-refractivity contribution in [3.05, 3.63) is 64.4 Å². The molecule has 0 amide bonds. The van der Waals surface area contributed by atoms with E-state index in [1.807, 2.05) is 30.0 Å². The molecule has 0 saturated carbocycles. The van der Waals surface area contributed by atoms with Gasteiger partial charge in [-0.15, -0.1) is 11.8 Å². The van der Waals surface area contributed by atoms with Crippen molar-refractivity contribution in [2.75, 3.05) is 5.75 Å². The first kappa shape index (κ1) is 14.9. The maximum absolute atomic E-state index is 13.6. The number of fused-ring (bicyclic) bond motifs is 1. The van der Waals surface area contributed by atoms with E-state index in [0.717, 1.165) is 11.3 Å². The van der Waals surface area contributed by atoms with Crippen LogP contribution in [0.3, 0.4) is 0 Å². The van der Waals surface area contributed by atoms with Gasteiger partial charge in [-0.05, 0) is 29.7 Å². The van der Waals surface area contributed by atoms with Crippen LogP contribution >= 0.6 is 23.4 Å². The van der Waals surface area contributed by atoms with E-state index in [9.17, 15) is 4.39 Å². The first-order chi connectivity index (χ1) is 10.2. The highest BCUT2D eigenvalue weighted by atomic mass is 35.5. The molecule has 110 valence electrons. The van der Waals surface area contributed by atoms with Crippen LogP contribution in [-0.2, 0) is 6.42 Å². The van der Waals surface area contributed by atoms with E-state index in [2.05, 4.69) is 17.6 Å². The Bertz CT molecular complexity index is 650. The summed E-state index contributed by atoms with van der Waals surface area (Å²) in [5.41, 5.74) is 4.98. The van der Waals surface area contributed by atoms with Crippen LogP contribution in [0.2, 0.25) is 5.02 Å². The fraction of sp³-hybridized carbons (Fsp3) is 0.250. The second-order valence-corrected chi connectivity index (χ2v) is 6.59. The van der Waals surface area contributed by atoms with Crippen molar-refractivity contribution in [1.29, 1.82) is 0 Å². The molecule has 1 heterocycles. The Labute approximate surface area is 132 Å². The molecule has 3 N–H and O–H groups in total. The lowest BCUT2D eigenvalue weighted by molar-refractivity contribution is 0.462. The third-order valence-electron chi connectivity index (χ3n) is 3.91. The zero-order valence-corrected chi connectivity index (χ0v) is 12.9. The number of thioether (sulfide) groups is 1. The van der Waals surface area contributed by atoms with Gasteiger partial charge in [-0.2, -0.15) is 0 Å². The van der Waals surface area contributed by atoms with Crippen LogP contribution in [-0.4, -0.2) is 11.8 Å². The number of benzene rings is 2. The summed E-state index contributed by atoms with van der Waals surface area (Å²) >= 11 is 7.89. The molecule has 0 aromatic heterocycles. The Kier molecular flexibility index (Phi) is 4.50. The second kappa shape index (κ2) is 6.36. The average Bonchev–Trinajstić information content (AvgIpc) is 2.93. The zero-order chi connectivity index (χ0) is 14.8. The lowest BCUT2D eigenvalue weighted by Gasteiger charge is -2.23. The van der Waals surface area contributed by atoms with Gasteiger partial charge in [-0.25, -0.2) is 4.39 Å². The van der Waals surface area contributed by atoms with Crippen molar-refractivity contribution in [2.24, 2.45) is 5.84 Å². The van der Waals surface area contributed by atoms with Gasteiger partial charge in [0.05, 0.1) is 5.02 Å². The van der Waals surface area contributed by atoms with Crippen LogP contribution in [0.4, 0.5) is 4.39 Å². The van der Waals surface area contributed by atoms with E-state index in [0.29, 0.717) is 12.3 Å². The van der Waals surface area contributed by atoms with Gasteiger partial charge >= 0.3 is 0 Å². The smallest absolute Gasteiger partial charge is 0.142 e. The number of hydrogen-bond acceptors (Lipinski definition) is 3. The van der Waals surface area contributed by atoms with Crippen LogP contribution in [0.1, 0.15) is 17.0 Å². The van der Waals surface area contributed by atoms with Gasteiger partial charge in [0.1, 0.15) is 5.82 Å². The van der Waals surface area contributed by atoms with E-state index < -0.39 is 0 Å². The third kappa shape index (κ3) is 2.94. The molecule has 0 radical (unpaired) electrons. The molecule has 2 unspecified atom stereocenters. The molecule has 21 heavy (non-hydrogen) atoms. The Hall–Kier alpha value is -1.07. The van der Waals surface area contributed by atoms with Crippen LogP contribution < -0.4 is 11.3 Å². The predicted octanol–water partition coefficient (Wildman–Crippen LogP) is 3.74. The lowest BCUT2D eigenvalue weighted by Crippen LogP contribution is -2.41. The van der Waals surface area contributed by atoms with Crippen LogP contribution in [0.25, 0.3) is 0 Å². The van der Waals surface area contributed by atoms with Crippen molar-refractivity contribution in [3.8, 4) is 0 Å². The summed E-state index contributed by atoms with van der Waals surface area (Å²) in [5, 5.41) is 0.191. The molecule has 0 bridgehead atoms. The van der Waals surface area contributed by atoms with E-state index in [1.54, 1.807) is 6.07 Å². The standard InChI is InChI=1S/C16H16ClFN2S/c17-16-10(4-3-6-13(16)18)8-14(20-19)12-9-21-15-7-2-1-5-11(12)15/h1-7,12,14,20H,8-9,19H2. The molecule has 0 fully saturated rings. The Morgan fingerprint density at radius 2 is 2.10 bits per heavy atom. The summed E-state index contributed by atoms with van der Waals surface area (Å²) in [6.45, 7) is 0. The predicted molar refractivity (Wildman–Crippen MR) is 86.1 cm³/mol. The fourth-order valence-electron chi connectivity index (χ4n) is 2.78.